The van der Waals surface area contributed by atoms with Gasteiger partial charge in [-0.3, -0.25) is 0 Å². The third kappa shape index (κ3) is 2.03. The van der Waals surface area contributed by atoms with E-state index >= 15 is 0 Å². The highest BCUT2D eigenvalue weighted by Gasteiger charge is 2.31. The van der Waals surface area contributed by atoms with Gasteiger partial charge in [0.2, 0.25) is 0 Å². The maximum Gasteiger partial charge on any atom is 0.0190 e. The number of hydrogen-bond donors (Lipinski definition) is 0. The topological polar surface area (TPSA) is 3.24 Å². The van der Waals surface area contributed by atoms with Gasteiger partial charge in [-0.2, -0.15) is 0 Å². The normalized spacial score (nSPS) is 20.8. The lowest BCUT2D eigenvalue weighted by Gasteiger charge is -2.31. The fraction of sp³-hybridized carbons (Fsp3) is 0.714. The summed E-state index contributed by atoms with van der Waals surface area (Å²) >= 11 is 0. The quantitative estimate of drug-likeness (QED) is 0.683. The zero-order chi connectivity index (χ0) is 11.7. The summed E-state index contributed by atoms with van der Waals surface area (Å²) in [7, 11) is 4.38. The van der Waals surface area contributed by atoms with Crippen molar-refractivity contribution in [2.75, 3.05) is 14.1 Å². The van der Waals surface area contributed by atoms with E-state index in [9.17, 15) is 0 Å². The minimum atomic E-state index is 0.644. The van der Waals surface area contributed by atoms with Crippen LogP contribution in [0.2, 0.25) is 0 Å². The van der Waals surface area contributed by atoms with Gasteiger partial charge in [0.05, 0.1) is 0 Å². The molecule has 0 aromatic heterocycles. The van der Waals surface area contributed by atoms with Crippen LogP contribution in [0.4, 0.5) is 0 Å². The van der Waals surface area contributed by atoms with Crippen molar-refractivity contribution in [3.63, 3.8) is 0 Å². The van der Waals surface area contributed by atoms with Gasteiger partial charge in [0.25, 0.3) is 0 Å². The van der Waals surface area contributed by atoms with Gasteiger partial charge in [0, 0.05) is 12.0 Å². The number of rotatable bonds is 3. The van der Waals surface area contributed by atoms with Gasteiger partial charge in [-0.05, 0) is 59.4 Å². The molecule has 0 saturated heterocycles. The number of hydrogen-bond acceptors (Lipinski definition) is 1. The van der Waals surface area contributed by atoms with Crippen molar-refractivity contribution in [2.24, 2.45) is 5.92 Å². The maximum atomic E-state index is 2.36. The molecule has 0 radical (unpaired) electrons. The van der Waals surface area contributed by atoms with Crippen molar-refractivity contribution < 1.29 is 0 Å². The van der Waals surface area contributed by atoms with E-state index in [-0.39, 0.29) is 0 Å². The summed E-state index contributed by atoms with van der Waals surface area (Å²) in [5, 5.41) is 0. The summed E-state index contributed by atoms with van der Waals surface area (Å²) < 4.78 is 0. The molecule has 1 aliphatic carbocycles. The lowest BCUT2D eigenvalue weighted by Crippen LogP contribution is -2.35. The van der Waals surface area contributed by atoms with E-state index in [1.165, 1.54) is 17.6 Å². The largest absolute Gasteiger partial charge is 0.306 e. The molecule has 0 bridgehead atoms. The molecule has 0 aromatic carbocycles. The van der Waals surface area contributed by atoms with E-state index in [4.69, 9.17) is 0 Å². The Labute approximate surface area is 94.9 Å². The first-order valence-corrected chi connectivity index (χ1v) is 5.93. The first-order valence-electron chi connectivity index (χ1n) is 5.93. The van der Waals surface area contributed by atoms with Crippen molar-refractivity contribution in [3.8, 4) is 0 Å². The summed E-state index contributed by atoms with van der Waals surface area (Å²) in [5.41, 5.74) is 6.17. The number of nitrogens with zero attached hydrogens (tertiary/aromatic N) is 1. The van der Waals surface area contributed by atoms with Gasteiger partial charge in [-0.1, -0.05) is 18.1 Å². The van der Waals surface area contributed by atoms with Crippen molar-refractivity contribution in [1.82, 2.24) is 4.90 Å². The van der Waals surface area contributed by atoms with E-state index in [1.807, 2.05) is 0 Å². The minimum Gasteiger partial charge on any atom is -0.306 e. The van der Waals surface area contributed by atoms with Gasteiger partial charge in [-0.25, -0.2) is 0 Å². The Morgan fingerprint density at radius 1 is 1.00 bits per heavy atom. The standard InChI is InChI=1S/C14H25N/c1-8-13(15(6)7)14-11(4)9(2)10(3)12(14)5/h13-14H,8H2,1-7H3. The van der Waals surface area contributed by atoms with Crippen LogP contribution in [0.25, 0.3) is 0 Å². The Balaban J connectivity index is 3.07. The van der Waals surface area contributed by atoms with Crippen molar-refractivity contribution in [2.45, 2.75) is 47.1 Å². The molecular weight excluding hydrogens is 182 g/mol. The SMILES string of the molecule is CCC(C1C(C)=C(C)C(C)=C1C)N(C)C. The molecule has 1 rings (SSSR count). The third-order valence-corrected chi connectivity index (χ3v) is 4.14. The fourth-order valence-corrected chi connectivity index (χ4v) is 2.86. The Bertz CT molecular complexity index is 283. The summed E-state index contributed by atoms with van der Waals surface area (Å²) in [5.74, 6) is 0.644. The molecule has 1 unspecified atom stereocenters. The van der Waals surface area contributed by atoms with Crippen LogP contribution in [0.15, 0.2) is 22.3 Å². The predicted octanol–water partition coefficient (Wildman–Crippen LogP) is 3.63. The molecule has 0 N–H and O–H groups in total. The second-order valence-corrected chi connectivity index (χ2v) is 5.03. The van der Waals surface area contributed by atoms with Crippen LogP contribution in [0, 0.1) is 5.92 Å². The Morgan fingerprint density at radius 2 is 1.40 bits per heavy atom. The average molecular weight is 207 g/mol. The average Bonchev–Trinajstić information content (AvgIpc) is 2.36. The van der Waals surface area contributed by atoms with E-state index < -0.39 is 0 Å². The first kappa shape index (κ1) is 12.5. The Kier molecular flexibility index (Phi) is 3.77. The van der Waals surface area contributed by atoms with Crippen LogP contribution in [0.5, 0.6) is 0 Å². The highest BCUT2D eigenvalue weighted by Crippen LogP contribution is 2.40. The van der Waals surface area contributed by atoms with Gasteiger partial charge in [0.1, 0.15) is 0 Å². The van der Waals surface area contributed by atoms with E-state index in [1.54, 1.807) is 11.1 Å². The summed E-state index contributed by atoms with van der Waals surface area (Å²) in [6.07, 6.45) is 1.22. The van der Waals surface area contributed by atoms with Gasteiger partial charge in [0.15, 0.2) is 0 Å². The highest BCUT2D eigenvalue weighted by molar-refractivity contribution is 5.47. The monoisotopic (exact) mass is 207 g/mol. The second kappa shape index (κ2) is 4.52. The van der Waals surface area contributed by atoms with Crippen LogP contribution in [0.3, 0.4) is 0 Å². The molecule has 0 fully saturated rings. The predicted molar refractivity (Wildman–Crippen MR) is 68.0 cm³/mol. The second-order valence-electron chi connectivity index (χ2n) is 5.03. The van der Waals surface area contributed by atoms with E-state index in [0.29, 0.717) is 12.0 Å². The number of allylic oxidation sites excluding steroid dienone is 2. The van der Waals surface area contributed by atoms with Gasteiger partial charge < -0.3 is 4.90 Å². The zero-order valence-corrected chi connectivity index (χ0v) is 11.3. The molecular formula is C14H25N. The molecule has 0 spiro atoms. The van der Waals surface area contributed by atoms with Crippen LogP contribution in [0.1, 0.15) is 41.0 Å². The molecule has 1 aliphatic rings. The summed E-state index contributed by atoms with van der Waals surface area (Å²) in [6, 6.07) is 0.650. The van der Waals surface area contributed by atoms with Gasteiger partial charge in [-0.15, -0.1) is 0 Å². The minimum absolute atomic E-state index is 0.644. The maximum absolute atomic E-state index is 2.36. The van der Waals surface area contributed by atoms with Gasteiger partial charge >= 0.3 is 0 Å². The Hall–Kier alpha value is -0.560. The first-order chi connectivity index (χ1) is 6.91. The van der Waals surface area contributed by atoms with Crippen LogP contribution >= 0.6 is 0 Å². The Morgan fingerprint density at radius 3 is 1.67 bits per heavy atom. The van der Waals surface area contributed by atoms with E-state index in [0.717, 1.165) is 0 Å². The van der Waals surface area contributed by atoms with Crippen molar-refractivity contribution >= 4 is 0 Å². The summed E-state index contributed by atoms with van der Waals surface area (Å²) in [6.45, 7) is 11.4. The molecule has 0 amide bonds. The van der Waals surface area contributed by atoms with Crippen molar-refractivity contribution in [1.29, 1.82) is 0 Å². The molecule has 1 heteroatoms. The molecule has 0 aliphatic heterocycles. The molecule has 0 saturated carbocycles. The van der Waals surface area contributed by atoms with E-state index in [2.05, 4.69) is 53.6 Å². The molecule has 0 aromatic rings. The highest BCUT2D eigenvalue weighted by atomic mass is 15.1. The molecule has 1 atom stereocenters. The third-order valence-electron chi connectivity index (χ3n) is 4.14. The smallest absolute Gasteiger partial charge is 0.0190 e. The molecule has 86 valence electrons. The van der Waals surface area contributed by atoms with Crippen LogP contribution in [-0.4, -0.2) is 25.0 Å². The molecule has 15 heavy (non-hydrogen) atoms. The van der Waals surface area contributed by atoms with Crippen LogP contribution in [-0.2, 0) is 0 Å². The molecule has 1 nitrogen and oxygen atoms in total. The zero-order valence-electron chi connectivity index (χ0n) is 11.3. The summed E-state index contributed by atoms with van der Waals surface area (Å²) in [4.78, 5) is 2.36. The lowest BCUT2D eigenvalue weighted by atomic mass is 9.87. The van der Waals surface area contributed by atoms with Crippen LogP contribution < -0.4 is 0 Å². The molecule has 0 heterocycles. The van der Waals surface area contributed by atoms with Crippen molar-refractivity contribution in [3.05, 3.63) is 22.3 Å². The fourth-order valence-electron chi connectivity index (χ4n) is 2.86. The lowest BCUT2D eigenvalue weighted by molar-refractivity contribution is 0.243.